The van der Waals surface area contributed by atoms with Gasteiger partial charge in [0.05, 0.1) is 10.4 Å². The van der Waals surface area contributed by atoms with Gasteiger partial charge in [-0.1, -0.05) is 18.9 Å². The summed E-state index contributed by atoms with van der Waals surface area (Å²) in [5.41, 5.74) is 7.23. The highest BCUT2D eigenvalue weighted by Gasteiger charge is 2.28. The van der Waals surface area contributed by atoms with Gasteiger partial charge in [-0.2, -0.15) is 0 Å². The number of hydrogen-bond acceptors (Lipinski definition) is 4. The van der Waals surface area contributed by atoms with E-state index in [9.17, 15) is 8.42 Å². The van der Waals surface area contributed by atoms with Gasteiger partial charge >= 0.3 is 0 Å². The van der Waals surface area contributed by atoms with Crippen LogP contribution >= 0.6 is 0 Å². The molecule has 2 unspecified atom stereocenters. The van der Waals surface area contributed by atoms with Crippen molar-refractivity contribution in [2.45, 2.75) is 36.5 Å². The van der Waals surface area contributed by atoms with Crippen LogP contribution in [-0.4, -0.2) is 31.2 Å². The molecule has 5 nitrogen and oxygen atoms in total. The first kappa shape index (κ1) is 14.5. The Hall–Kier alpha value is -1.40. The molecule has 1 aromatic heterocycles. The predicted octanol–water partition coefficient (Wildman–Crippen LogP) is 2.20. The molecule has 21 heavy (non-hydrogen) atoms. The molecule has 114 valence electrons. The number of nitrogens with one attached hydrogen (secondary N) is 1. The second-order valence-corrected chi connectivity index (χ2v) is 7.92. The maximum Gasteiger partial charge on any atom is 0.177 e. The summed E-state index contributed by atoms with van der Waals surface area (Å²) >= 11 is 0. The van der Waals surface area contributed by atoms with Crippen molar-refractivity contribution in [1.29, 1.82) is 0 Å². The van der Waals surface area contributed by atoms with Gasteiger partial charge in [0.25, 0.3) is 0 Å². The van der Waals surface area contributed by atoms with E-state index in [-0.39, 0.29) is 0 Å². The van der Waals surface area contributed by atoms with E-state index in [2.05, 4.69) is 9.97 Å². The highest BCUT2D eigenvalue weighted by atomic mass is 32.2. The van der Waals surface area contributed by atoms with Gasteiger partial charge in [-0.3, -0.25) is 0 Å². The Kier molecular flexibility index (Phi) is 3.75. The average molecular weight is 307 g/mol. The number of aromatic amines is 1. The Morgan fingerprint density at radius 2 is 2.10 bits per heavy atom. The summed E-state index contributed by atoms with van der Waals surface area (Å²) in [5.74, 6) is 1.63. The standard InChI is InChI=1S/C15H21N3O2S/c1-21(19,20)13-8-4-7-12-14(13)18-15(17-12)11-6-3-2-5-10(11)9-16/h4,7-8,10-11H,2-3,5-6,9,16H2,1H3,(H,17,18). The maximum absolute atomic E-state index is 11.9. The van der Waals surface area contributed by atoms with Crippen LogP contribution in [0.15, 0.2) is 23.1 Å². The molecule has 3 N–H and O–H groups in total. The molecule has 3 rings (SSSR count). The van der Waals surface area contributed by atoms with Crippen LogP contribution in [0.4, 0.5) is 0 Å². The average Bonchev–Trinajstić information content (AvgIpc) is 2.89. The fourth-order valence-corrected chi connectivity index (χ4v) is 4.18. The quantitative estimate of drug-likeness (QED) is 0.909. The number of sulfone groups is 1. The van der Waals surface area contributed by atoms with Crippen LogP contribution in [0.25, 0.3) is 11.0 Å². The van der Waals surface area contributed by atoms with E-state index in [1.54, 1.807) is 12.1 Å². The molecule has 0 aliphatic heterocycles. The van der Waals surface area contributed by atoms with E-state index in [0.29, 0.717) is 28.8 Å². The van der Waals surface area contributed by atoms with Gasteiger partial charge in [-0.15, -0.1) is 0 Å². The molecule has 1 fully saturated rings. The Balaban J connectivity index is 2.09. The number of para-hydroxylation sites is 1. The third-order valence-electron chi connectivity index (χ3n) is 4.46. The van der Waals surface area contributed by atoms with Crippen molar-refractivity contribution < 1.29 is 8.42 Å². The van der Waals surface area contributed by atoms with Gasteiger partial charge in [0, 0.05) is 12.2 Å². The van der Waals surface area contributed by atoms with Crippen LogP contribution in [0, 0.1) is 5.92 Å². The number of fused-ring (bicyclic) bond motifs is 1. The smallest absolute Gasteiger partial charge is 0.177 e. The van der Waals surface area contributed by atoms with E-state index in [1.165, 1.54) is 19.1 Å². The summed E-state index contributed by atoms with van der Waals surface area (Å²) in [7, 11) is -3.27. The largest absolute Gasteiger partial charge is 0.342 e. The lowest BCUT2D eigenvalue weighted by Crippen LogP contribution is -2.25. The molecule has 6 heteroatoms. The van der Waals surface area contributed by atoms with Crippen molar-refractivity contribution in [2.75, 3.05) is 12.8 Å². The summed E-state index contributed by atoms with van der Waals surface area (Å²) in [5, 5.41) is 0. The number of benzene rings is 1. The first-order valence-electron chi connectivity index (χ1n) is 7.39. The van der Waals surface area contributed by atoms with Crippen molar-refractivity contribution in [2.24, 2.45) is 11.7 Å². The lowest BCUT2D eigenvalue weighted by atomic mass is 9.79. The van der Waals surface area contributed by atoms with Gasteiger partial charge in [0.15, 0.2) is 9.84 Å². The Labute approximate surface area is 124 Å². The molecule has 2 aromatic rings. The molecule has 1 aliphatic carbocycles. The molecule has 0 saturated heterocycles. The van der Waals surface area contributed by atoms with E-state index < -0.39 is 9.84 Å². The third kappa shape index (κ3) is 2.70. The zero-order valence-electron chi connectivity index (χ0n) is 12.2. The monoisotopic (exact) mass is 307 g/mol. The van der Waals surface area contributed by atoms with Crippen LogP contribution in [0.3, 0.4) is 0 Å². The van der Waals surface area contributed by atoms with Crippen LogP contribution in [-0.2, 0) is 9.84 Å². The van der Waals surface area contributed by atoms with E-state index in [1.807, 2.05) is 6.07 Å². The molecule has 1 heterocycles. The Morgan fingerprint density at radius 1 is 1.33 bits per heavy atom. The summed E-state index contributed by atoms with van der Waals surface area (Å²) in [6.07, 6.45) is 5.80. The minimum absolute atomic E-state index is 0.294. The molecule has 2 atom stereocenters. The summed E-state index contributed by atoms with van der Waals surface area (Å²) in [6, 6.07) is 5.24. The number of nitrogens with two attached hydrogens (primary N) is 1. The fourth-order valence-electron chi connectivity index (χ4n) is 3.35. The van der Waals surface area contributed by atoms with Gasteiger partial charge in [-0.05, 0) is 37.4 Å². The SMILES string of the molecule is CS(=O)(=O)c1cccc2[nH]c(C3CCCCC3CN)nc12. The van der Waals surface area contributed by atoms with E-state index in [0.717, 1.165) is 24.2 Å². The first-order chi connectivity index (χ1) is 10.0. The molecule has 1 aliphatic rings. The lowest BCUT2D eigenvalue weighted by molar-refractivity contribution is 0.306. The zero-order chi connectivity index (χ0) is 15.0. The van der Waals surface area contributed by atoms with Gasteiger partial charge < -0.3 is 10.7 Å². The minimum Gasteiger partial charge on any atom is -0.342 e. The summed E-state index contributed by atoms with van der Waals surface area (Å²) < 4.78 is 23.8. The van der Waals surface area contributed by atoms with E-state index in [4.69, 9.17) is 5.73 Å². The topological polar surface area (TPSA) is 88.8 Å². The molecule has 0 spiro atoms. The first-order valence-corrected chi connectivity index (χ1v) is 9.28. The van der Waals surface area contributed by atoms with Crippen molar-refractivity contribution in [1.82, 2.24) is 9.97 Å². The molecule has 0 amide bonds. The molecule has 0 radical (unpaired) electrons. The maximum atomic E-state index is 11.9. The number of hydrogen-bond donors (Lipinski definition) is 2. The Morgan fingerprint density at radius 3 is 2.81 bits per heavy atom. The van der Waals surface area contributed by atoms with Crippen LogP contribution in [0.5, 0.6) is 0 Å². The lowest BCUT2D eigenvalue weighted by Gasteiger charge is -2.28. The highest BCUT2D eigenvalue weighted by Crippen LogP contribution is 2.37. The second kappa shape index (κ2) is 5.42. The summed E-state index contributed by atoms with van der Waals surface area (Å²) in [6.45, 7) is 0.653. The van der Waals surface area contributed by atoms with Crippen molar-refractivity contribution >= 4 is 20.9 Å². The number of rotatable bonds is 3. The van der Waals surface area contributed by atoms with Crippen molar-refractivity contribution in [3.8, 4) is 0 Å². The number of nitrogens with zero attached hydrogens (tertiary/aromatic N) is 1. The Bertz CT molecular complexity index is 751. The zero-order valence-corrected chi connectivity index (χ0v) is 13.0. The fraction of sp³-hybridized carbons (Fsp3) is 0.533. The third-order valence-corrected chi connectivity index (χ3v) is 5.58. The van der Waals surface area contributed by atoms with Crippen LogP contribution in [0.2, 0.25) is 0 Å². The predicted molar refractivity (Wildman–Crippen MR) is 83.0 cm³/mol. The molecular formula is C15H21N3O2S. The number of aromatic nitrogens is 2. The molecule has 0 bridgehead atoms. The highest BCUT2D eigenvalue weighted by molar-refractivity contribution is 7.91. The summed E-state index contributed by atoms with van der Waals surface area (Å²) in [4.78, 5) is 8.22. The van der Waals surface area contributed by atoms with Gasteiger partial charge in [0.2, 0.25) is 0 Å². The second-order valence-electron chi connectivity index (χ2n) is 5.93. The normalized spacial score (nSPS) is 23.5. The molecule has 1 aromatic carbocycles. The van der Waals surface area contributed by atoms with Crippen molar-refractivity contribution in [3.63, 3.8) is 0 Å². The number of H-pyrrole nitrogens is 1. The van der Waals surface area contributed by atoms with Crippen LogP contribution in [0.1, 0.15) is 37.4 Å². The molecular weight excluding hydrogens is 286 g/mol. The van der Waals surface area contributed by atoms with Gasteiger partial charge in [0.1, 0.15) is 11.3 Å². The van der Waals surface area contributed by atoms with Crippen molar-refractivity contribution in [3.05, 3.63) is 24.0 Å². The van der Waals surface area contributed by atoms with E-state index >= 15 is 0 Å². The number of imidazole rings is 1. The molecule has 1 saturated carbocycles. The minimum atomic E-state index is -3.27. The van der Waals surface area contributed by atoms with Crippen LogP contribution < -0.4 is 5.73 Å². The van der Waals surface area contributed by atoms with Gasteiger partial charge in [-0.25, -0.2) is 13.4 Å².